The zero-order valence-electron chi connectivity index (χ0n) is 15.1. The van der Waals surface area contributed by atoms with E-state index in [9.17, 15) is 13.2 Å². The maximum atomic E-state index is 12.2. The van der Waals surface area contributed by atoms with E-state index >= 15 is 0 Å². The Morgan fingerprint density at radius 2 is 2.00 bits per heavy atom. The van der Waals surface area contributed by atoms with Crippen LogP contribution in [0.2, 0.25) is 5.15 Å². The number of sulfonamides is 1. The zero-order chi connectivity index (χ0) is 19.6. The fourth-order valence-electron chi connectivity index (χ4n) is 2.53. The van der Waals surface area contributed by atoms with Gasteiger partial charge in [-0.15, -0.1) is 0 Å². The second-order valence-corrected chi connectivity index (χ2v) is 8.68. The molecule has 7 nitrogen and oxygen atoms in total. The molecule has 144 valence electrons. The topological polar surface area (TPSA) is 93.1 Å². The molecule has 1 aliphatic carbocycles. The van der Waals surface area contributed by atoms with Crippen molar-refractivity contribution in [2.75, 3.05) is 11.9 Å². The molecule has 1 heterocycles. The summed E-state index contributed by atoms with van der Waals surface area (Å²) in [7, 11) is -1.79. The summed E-state index contributed by atoms with van der Waals surface area (Å²) in [6.45, 7) is 2.28. The average Bonchev–Trinajstić information content (AvgIpc) is 3.41. The van der Waals surface area contributed by atoms with Gasteiger partial charge in [0.1, 0.15) is 5.15 Å². The summed E-state index contributed by atoms with van der Waals surface area (Å²) >= 11 is 6.12. The molecule has 1 saturated carbocycles. The van der Waals surface area contributed by atoms with Gasteiger partial charge in [0.15, 0.2) is 0 Å². The summed E-state index contributed by atoms with van der Waals surface area (Å²) in [4.78, 5) is 12.3. The molecular weight excluding hydrogens is 388 g/mol. The third kappa shape index (κ3) is 4.97. The fraction of sp³-hybridized carbons (Fsp3) is 0.333. The second-order valence-electron chi connectivity index (χ2n) is 6.56. The number of anilines is 1. The van der Waals surface area contributed by atoms with Crippen molar-refractivity contribution in [2.24, 2.45) is 13.0 Å². The number of aromatic nitrogens is 2. The number of carbonyl (C=O) groups is 1. The Morgan fingerprint density at radius 1 is 1.33 bits per heavy atom. The Kier molecular flexibility index (Phi) is 5.69. The molecule has 1 aliphatic rings. The molecule has 27 heavy (non-hydrogen) atoms. The summed E-state index contributed by atoms with van der Waals surface area (Å²) in [6.07, 6.45) is 5.11. The van der Waals surface area contributed by atoms with Crippen molar-refractivity contribution >= 4 is 39.3 Å². The van der Waals surface area contributed by atoms with Crippen LogP contribution in [0.3, 0.4) is 0 Å². The molecule has 1 aromatic carbocycles. The summed E-state index contributed by atoms with van der Waals surface area (Å²) < 4.78 is 28.5. The first-order valence-corrected chi connectivity index (χ1v) is 10.4. The highest BCUT2D eigenvalue weighted by Crippen LogP contribution is 2.28. The van der Waals surface area contributed by atoms with Crippen LogP contribution in [-0.2, 0) is 21.9 Å². The second kappa shape index (κ2) is 7.84. The van der Waals surface area contributed by atoms with E-state index in [-0.39, 0.29) is 10.8 Å². The van der Waals surface area contributed by atoms with Crippen LogP contribution in [0.25, 0.3) is 6.08 Å². The minimum Gasteiger partial charge on any atom is -0.323 e. The van der Waals surface area contributed by atoms with Gasteiger partial charge >= 0.3 is 0 Å². The molecule has 0 bridgehead atoms. The van der Waals surface area contributed by atoms with Crippen LogP contribution >= 0.6 is 11.6 Å². The van der Waals surface area contributed by atoms with Crippen LogP contribution in [0, 0.1) is 12.8 Å². The number of benzene rings is 1. The lowest BCUT2D eigenvalue weighted by Gasteiger charge is -2.07. The monoisotopic (exact) mass is 408 g/mol. The summed E-state index contributed by atoms with van der Waals surface area (Å²) in [5, 5.41) is 7.31. The van der Waals surface area contributed by atoms with Gasteiger partial charge in [-0.3, -0.25) is 9.48 Å². The van der Waals surface area contributed by atoms with Crippen molar-refractivity contribution in [2.45, 2.75) is 24.7 Å². The van der Waals surface area contributed by atoms with E-state index in [1.165, 1.54) is 22.9 Å². The fourth-order valence-corrected chi connectivity index (χ4v) is 3.88. The van der Waals surface area contributed by atoms with E-state index in [1.54, 1.807) is 32.2 Å². The van der Waals surface area contributed by atoms with Gasteiger partial charge in [-0.05, 0) is 56.0 Å². The smallest absolute Gasteiger partial charge is 0.248 e. The number of hydrogen-bond donors (Lipinski definition) is 2. The molecule has 0 spiro atoms. The van der Waals surface area contributed by atoms with Crippen LogP contribution in [0.5, 0.6) is 0 Å². The van der Waals surface area contributed by atoms with Crippen LogP contribution < -0.4 is 10.0 Å². The van der Waals surface area contributed by atoms with Crippen molar-refractivity contribution in [1.82, 2.24) is 14.5 Å². The van der Waals surface area contributed by atoms with E-state index in [2.05, 4.69) is 15.1 Å². The predicted octanol–water partition coefficient (Wildman–Crippen LogP) is 2.72. The summed E-state index contributed by atoms with van der Waals surface area (Å²) in [5.41, 5.74) is 1.90. The van der Waals surface area contributed by atoms with E-state index in [0.29, 0.717) is 28.9 Å². The molecule has 2 N–H and O–H groups in total. The van der Waals surface area contributed by atoms with Crippen LogP contribution in [0.15, 0.2) is 35.2 Å². The lowest BCUT2D eigenvalue weighted by Crippen LogP contribution is -2.25. The standard InChI is InChI=1S/C18H21ClN4O3S/c1-12-16(18(19)23(2)22-12)9-10-17(24)21-14-5-7-15(8-6-14)27(25,26)20-11-13-3-4-13/h5-10,13,20H,3-4,11H2,1-2H3,(H,21,24). The Labute approximate surface area is 163 Å². The van der Waals surface area contributed by atoms with E-state index in [0.717, 1.165) is 18.5 Å². The van der Waals surface area contributed by atoms with Gasteiger partial charge in [0.25, 0.3) is 0 Å². The summed E-state index contributed by atoms with van der Waals surface area (Å²) in [6, 6.07) is 6.05. The van der Waals surface area contributed by atoms with Crippen molar-refractivity contribution in [3.63, 3.8) is 0 Å². The van der Waals surface area contributed by atoms with Gasteiger partial charge in [-0.25, -0.2) is 13.1 Å². The molecule has 0 unspecified atom stereocenters. The highest BCUT2D eigenvalue weighted by molar-refractivity contribution is 7.89. The van der Waals surface area contributed by atoms with Crippen LogP contribution in [-0.4, -0.2) is 30.7 Å². The number of nitrogens with one attached hydrogen (secondary N) is 2. The lowest BCUT2D eigenvalue weighted by molar-refractivity contribution is -0.111. The first-order chi connectivity index (χ1) is 12.8. The number of halogens is 1. The van der Waals surface area contributed by atoms with E-state index < -0.39 is 10.0 Å². The largest absolute Gasteiger partial charge is 0.323 e. The van der Waals surface area contributed by atoms with Gasteiger partial charge in [0.05, 0.1) is 10.6 Å². The maximum Gasteiger partial charge on any atom is 0.248 e. The molecule has 1 aromatic heterocycles. The van der Waals surface area contributed by atoms with Crippen LogP contribution in [0.4, 0.5) is 5.69 Å². The molecule has 0 atom stereocenters. The number of amides is 1. The average molecular weight is 409 g/mol. The van der Waals surface area contributed by atoms with Gasteiger partial charge in [0.2, 0.25) is 15.9 Å². The highest BCUT2D eigenvalue weighted by Gasteiger charge is 2.24. The van der Waals surface area contributed by atoms with Gasteiger partial charge < -0.3 is 5.32 Å². The third-order valence-corrected chi connectivity index (χ3v) is 6.18. The number of nitrogens with zero attached hydrogens (tertiary/aromatic N) is 2. The normalized spacial score (nSPS) is 14.6. The summed E-state index contributed by atoms with van der Waals surface area (Å²) in [5.74, 6) is 0.110. The van der Waals surface area contributed by atoms with E-state index in [4.69, 9.17) is 11.6 Å². The van der Waals surface area contributed by atoms with Gasteiger partial charge in [-0.2, -0.15) is 5.10 Å². The maximum absolute atomic E-state index is 12.2. The molecule has 0 radical (unpaired) electrons. The molecule has 1 fully saturated rings. The highest BCUT2D eigenvalue weighted by atomic mass is 35.5. The van der Waals surface area contributed by atoms with Crippen molar-refractivity contribution in [3.8, 4) is 0 Å². The first-order valence-electron chi connectivity index (χ1n) is 8.54. The molecular formula is C18H21ClN4O3S. The molecule has 0 saturated heterocycles. The molecule has 1 amide bonds. The quantitative estimate of drug-likeness (QED) is 0.689. The Morgan fingerprint density at radius 3 is 2.56 bits per heavy atom. The zero-order valence-corrected chi connectivity index (χ0v) is 16.6. The molecule has 0 aliphatic heterocycles. The Hall–Kier alpha value is -2.16. The Balaban J connectivity index is 1.62. The van der Waals surface area contributed by atoms with Crippen LogP contribution in [0.1, 0.15) is 24.1 Å². The number of hydrogen-bond acceptors (Lipinski definition) is 4. The molecule has 9 heteroatoms. The lowest BCUT2D eigenvalue weighted by atomic mass is 10.2. The Bertz CT molecular complexity index is 977. The van der Waals surface area contributed by atoms with Gasteiger partial charge in [0, 0.05) is 30.9 Å². The van der Waals surface area contributed by atoms with E-state index in [1.807, 2.05) is 0 Å². The van der Waals surface area contributed by atoms with Gasteiger partial charge in [-0.1, -0.05) is 11.6 Å². The predicted molar refractivity (Wildman–Crippen MR) is 105 cm³/mol. The number of carbonyl (C=O) groups excluding carboxylic acids is 1. The number of aryl methyl sites for hydroxylation is 2. The SMILES string of the molecule is Cc1nn(C)c(Cl)c1C=CC(=O)Nc1ccc(S(=O)(=O)NCC2CC2)cc1. The molecule has 3 rings (SSSR count). The number of rotatable bonds is 7. The minimum absolute atomic E-state index is 0.175. The van der Waals surface area contributed by atoms with Crippen molar-refractivity contribution in [3.05, 3.63) is 46.8 Å². The van der Waals surface area contributed by atoms with Crippen molar-refractivity contribution in [1.29, 1.82) is 0 Å². The molecule has 2 aromatic rings. The minimum atomic E-state index is -3.51. The first kappa shape index (κ1) is 19.6. The third-order valence-electron chi connectivity index (χ3n) is 4.29. The van der Waals surface area contributed by atoms with Crippen molar-refractivity contribution < 1.29 is 13.2 Å².